The van der Waals surface area contributed by atoms with Crippen LogP contribution in [0.2, 0.25) is 0 Å². The molecule has 0 unspecified atom stereocenters. The summed E-state index contributed by atoms with van der Waals surface area (Å²) in [6.07, 6.45) is 4.58. The van der Waals surface area contributed by atoms with Gasteiger partial charge in [-0.2, -0.15) is 0 Å². The van der Waals surface area contributed by atoms with Crippen molar-refractivity contribution in [3.63, 3.8) is 0 Å². The Kier molecular flexibility index (Phi) is 4.86. The number of para-hydroxylation sites is 2. The molecule has 1 fully saturated rings. The van der Waals surface area contributed by atoms with Gasteiger partial charge in [0, 0.05) is 19.6 Å². The van der Waals surface area contributed by atoms with E-state index in [0.29, 0.717) is 5.75 Å². The lowest BCUT2D eigenvalue weighted by molar-refractivity contribution is 0.475. The van der Waals surface area contributed by atoms with Crippen LogP contribution in [0.4, 0.5) is 11.6 Å². The smallest absolute Gasteiger partial charge is 0.172 e. The Morgan fingerprint density at radius 2 is 1.58 bits per heavy atom. The lowest BCUT2D eigenvalue weighted by Crippen LogP contribution is -2.31. The molecule has 5 heteroatoms. The maximum atomic E-state index is 9.40. The molecule has 1 saturated heterocycles. The van der Waals surface area contributed by atoms with Crippen LogP contribution in [-0.2, 0) is 6.42 Å². The summed E-state index contributed by atoms with van der Waals surface area (Å²) < 4.78 is 0. The second kappa shape index (κ2) is 7.60. The maximum absolute atomic E-state index is 9.40. The van der Waals surface area contributed by atoms with Gasteiger partial charge in [-0.3, -0.25) is 0 Å². The average molecular weight is 348 g/mol. The number of nitrogens with one attached hydrogen (secondary N) is 1. The van der Waals surface area contributed by atoms with Crippen molar-refractivity contribution in [3.8, 4) is 5.75 Å². The van der Waals surface area contributed by atoms with E-state index in [1.165, 1.54) is 24.8 Å². The number of benzene rings is 2. The molecule has 2 heterocycles. The summed E-state index contributed by atoms with van der Waals surface area (Å²) in [6.45, 7) is 2.86. The molecule has 0 spiro atoms. The van der Waals surface area contributed by atoms with E-state index in [9.17, 15) is 5.11 Å². The van der Waals surface area contributed by atoms with Crippen molar-refractivity contribution >= 4 is 22.7 Å². The van der Waals surface area contributed by atoms with Gasteiger partial charge < -0.3 is 15.3 Å². The number of hydrogen-bond acceptors (Lipinski definition) is 5. The van der Waals surface area contributed by atoms with Gasteiger partial charge in [-0.05, 0) is 55.5 Å². The molecule has 0 amide bonds. The molecule has 1 aliphatic rings. The minimum Gasteiger partial charge on any atom is -0.508 e. The largest absolute Gasteiger partial charge is 0.508 e. The highest BCUT2D eigenvalue weighted by Gasteiger charge is 2.18. The Morgan fingerprint density at radius 3 is 2.31 bits per heavy atom. The van der Waals surface area contributed by atoms with Crippen molar-refractivity contribution in [2.75, 3.05) is 29.9 Å². The standard InChI is InChI=1S/C21H24N4O/c26-17-10-8-16(9-11-17)12-13-22-20-21(25-14-4-1-5-15-25)24-19-7-3-2-6-18(19)23-20/h2-3,6-11,26H,1,4-5,12-15H2,(H,22,23). The topological polar surface area (TPSA) is 61.3 Å². The van der Waals surface area contributed by atoms with Crippen LogP contribution in [0.3, 0.4) is 0 Å². The van der Waals surface area contributed by atoms with E-state index in [1.807, 2.05) is 36.4 Å². The second-order valence-electron chi connectivity index (χ2n) is 6.78. The number of phenols is 1. The summed E-state index contributed by atoms with van der Waals surface area (Å²) in [5.41, 5.74) is 3.04. The monoisotopic (exact) mass is 348 g/mol. The summed E-state index contributed by atoms with van der Waals surface area (Å²) in [4.78, 5) is 12.1. The van der Waals surface area contributed by atoms with Crippen LogP contribution < -0.4 is 10.2 Å². The van der Waals surface area contributed by atoms with Crippen LogP contribution in [0.1, 0.15) is 24.8 Å². The Hall–Kier alpha value is -2.82. The van der Waals surface area contributed by atoms with Crippen molar-refractivity contribution in [2.24, 2.45) is 0 Å². The highest BCUT2D eigenvalue weighted by molar-refractivity contribution is 5.80. The number of anilines is 2. The number of rotatable bonds is 5. The van der Waals surface area contributed by atoms with Crippen LogP contribution in [0, 0.1) is 0 Å². The van der Waals surface area contributed by atoms with Crippen LogP contribution in [0.15, 0.2) is 48.5 Å². The predicted octanol–water partition coefficient (Wildman–Crippen LogP) is 3.98. The van der Waals surface area contributed by atoms with Gasteiger partial charge >= 0.3 is 0 Å². The van der Waals surface area contributed by atoms with Gasteiger partial charge in [0.2, 0.25) is 0 Å². The summed E-state index contributed by atoms with van der Waals surface area (Å²) in [5.74, 6) is 2.13. The minimum atomic E-state index is 0.300. The molecule has 0 bridgehead atoms. The van der Waals surface area contributed by atoms with E-state index >= 15 is 0 Å². The van der Waals surface area contributed by atoms with Gasteiger partial charge in [0.05, 0.1) is 11.0 Å². The first-order chi connectivity index (χ1) is 12.8. The summed E-state index contributed by atoms with van der Waals surface area (Å²) in [5, 5.41) is 12.9. The molecule has 134 valence electrons. The number of aromatic hydroxyl groups is 1. The quantitative estimate of drug-likeness (QED) is 0.730. The van der Waals surface area contributed by atoms with Crippen molar-refractivity contribution < 1.29 is 5.11 Å². The summed E-state index contributed by atoms with van der Waals surface area (Å²) >= 11 is 0. The number of hydrogen-bond donors (Lipinski definition) is 2. The molecule has 4 rings (SSSR count). The molecule has 3 aromatic rings. The van der Waals surface area contributed by atoms with Gasteiger partial charge in [-0.1, -0.05) is 24.3 Å². The maximum Gasteiger partial charge on any atom is 0.172 e. The first-order valence-electron chi connectivity index (χ1n) is 9.33. The molecule has 0 aliphatic carbocycles. The van der Waals surface area contributed by atoms with Crippen molar-refractivity contribution in [3.05, 3.63) is 54.1 Å². The third-order valence-electron chi connectivity index (χ3n) is 4.85. The van der Waals surface area contributed by atoms with E-state index in [2.05, 4.69) is 10.2 Å². The van der Waals surface area contributed by atoms with Gasteiger partial charge in [0.25, 0.3) is 0 Å². The zero-order chi connectivity index (χ0) is 17.8. The lowest BCUT2D eigenvalue weighted by atomic mass is 10.1. The van der Waals surface area contributed by atoms with Crippen LogP contribution in [0.25, 0.3) is 11.0 Å². The zero-order valence-corrected chi connectivity index (χ0v) is 14.9. The Bertz CT molecular complexity index is 873. The fraction of sp³-hybridized carbons (Fsp3) is 0.333. The van der Waals surface area contributed by atoms with E-state index in [-0.39, 0.29) is 0 Å². The highest BCUT2D eigenvalue weighted by Crippen LogP contribution is 2.27. The molecule has 0 saturated carbocycles. The molecule has 26 heavy (non-hydrogen) atoms. The summed E-state index contributed by atoms with van der Waals surface area (Å²) in [7, 11) is 0. The molecule has 0 radical (unpaired) electrons. The number of aromatic nitrogens is 2. The number of phenolic OH excluding ortho intramolecular Hbond substituents is 1. The predicted molar refractivity (Wildman–Crippen MR) is 106 cm³/mol. The number of nitrogens with zero attached hydrogens (tertiary/aromatic N) is 3. The van der Waals surface area contributed by atoms with Crippen molar-refractivity contribution in [2.45, 2.75) is 25.7 Å². The molecule has 0 atom stereocenters. The normalized spacial score (nSPS) is 14.5. The first kappa shape index (κ1) is 16.6. The molecule has 2 aromatic carbocycles. The van der Waals surface area contributed by atoms with Gasteiger partial charge in [-0.25, -0.2) is 9.97 Å². The van der Waals surface area contributed by atoms with E-state index < -0.39 is 0 Å². The SMILES string of the molecule is Oc1ccc(CCNc2nc3ccccc3nc2N2CCCCC2)cc1. The third kappa shape index (κ3) is 3.72. The third-order valence-corrected chi connectivity index (χ3v) is 4.85. The first-order valence-corrected chi connectivity index (χ1v) is 9.33. The second-order valence-corrected chi connectivity index (χ2v) is 6.78. The van der Waals surface area contributed by atoms with Crippen LogP contribution in [-0.4, -0.2) is 34.7 Å². The number of piperidine rings is 1. The fourth-order valence-corrected chi connectivity index (χ4v) is 3.42. The summed E-state index contributed by atoms with van der Waals surface area (Å²) in [6, 6.07) is 15.4. The molecular formula is C21H24N4O. The van der Waals surface area contributed by atoms with Crippen LogP contribution >= 0.6 is 0 Å². The Balaban J connectivity index is 1.56. The molecule has 2 N–H and O–H groups in total. The average Bonchev–Trinajstić information content (AvgIpc) is 2.69. The Labute approximate surface area is 153 Å². The number of fused-ring (bicyclic) bond motifs is 1. The molecule has 5 nitrogen and oxygen atoms in total. The zero-order valence-electron chi connectivity index (χ0n) is 14.9. The van der Waals surface area contributed by atoms with Gasteiger partial charge in [-0.15, -0.1) is 0 Å². The van der Waals surface area contributed by atoms with Crippen LogP contribution in [0.5, 0.6) is 5.75 Å². The molecule has 1 aliphatic heterocycles. The van der Waals surface area contributed by atoms with Crippen molar-refractivity contribution in [1.82, 2.24) is 9.97 Å². The van der Waals surface area contributed by atoms with E-state index in [1.54, 1.807) is 12.1 Å². The highest BCUT2D eigenvalue weighted by atomic mass is 16.3. The lowest BCUT2D eigenvalue weighted by Gasteiger charge is -2.29. The Morgan fingerprint density at radius 1 is 0.885 bits per heavy atom. The minimum absolute atomic E-state index is 0.300. The van der Waals surface area contributed by atoms with E-state index in [4.69, 9.17) is 9.97 Å². The molecule has 1 aromatic heterocycles. The molecular weight excluding hydrogens is 324 g/mol. The van der Waals surface area contributed by atoms with Crippen molar-refractivity contribution in [1.29, 1.82) is 0 Å². The van der Waals surface area contributed by atoms with Gasteiger partial charge in [0.1, 0.15) is 5.75 Å². The fourth-order valence-electron chi connectivity index (χ4n) is 3.42. The van der Waals surface area contributed by atoms with E-state index in [0.717, 1.165) is 48.7 Å². The van der Waals surface area contributed by atoms with Gasteiger partial charge in [0.15, 0.2) is 11.6 Å².